The van der Waals surface area contributed by atoms with Gasteiger partial charge >= 0.3 is 0 Å². The summed E-state index contributed by atoms with van der Waals surface area (Å²) in [6.45, 7) is 2.20. The second-order valence-corrected chi connectivity index (χ2v) is 4.00. The van der Waals surface area contributed by atoms with Gasteiger partial charge in [0.25, 0.3) is 0 Å². The van der Waals surface area contributed by atoms with Crippen molar-refractivity contribution in [3.63, 3.8) is 0 Å². The summed E-state index contributed by atoms with van der Waals surface area (Å²) >= 11 is 0. The van der Waals surface area contributed by atoms with Gasteiger partial charge in [0.15, 0.2) is 0 Å². The lowest BCUT2D eigenvalue weighted by Crippen LogP contribution is -2.02. The minimum absolute atomic E-state index is 0.218. The van der Waals surface area contributed by atoms with Crippen LogP contribution in [0.4, 0.5) is 5.82 Å². The molecule has 0 radical (unpaired) electrons. The first-order valence-corrected chi connectivity index (χ1v) is 5.84. The molecule has 5 nitrogen and oxygen atoms in total. The summed E-state index contributed by atoms with van der Waals surface area (Å²) in [6, 6.07) is 11.5. The van der Waals surface area contributed by atoms with Crippen LogP contribution < -0.4 is 10.1 Å². The van der Waals surface area contributed by atoms with Crippen LogP contribution in [0.15, 0.2) is 30.3 Å². The van der Waals surface area contributed by atoms with Crippen molar-refractivity contribution in [2.45, 2.75) is 6.92 Å². The first-order chi connectivity index (χ1) is 9.24. The maximum Gasteiger partial charge on any atom is 0.149 e. The molecule has 1 aromatic carbocycles. The van der Waals surface area contributed by atoms with E-state index in [1.54, 1.807) is 13.2 Å². The Kier molecular flexibility index (Phi) is 3.94. The number of hydrogen-bond acceptors (Lipinski definition) is 5. The van der Waals surface area contributed by atoms with E-state index >= 15 is 0 Å². The molecule has 2 aromatic rings. The van der Waals surface area contributed by atoms with Crippen molar-refractivity contribution in [1.82, 2.24) is 10.2 Å². The zero-order valence-corrected chi connectivity index (χ0v) is 10.8. The molecule has 5 heteroatoms. The minimum atomic E-state index is 0.218. The Morgan fingerprint density at radius 1 is 1.26 bits per heavy atom. The van der Waals surface area contributed by atoms with Gasteiger partial charge in [-0.3, -0.25) is 0 Å². The predicted octanol–water partition coefficient (Wildman–Crippen LogP) is 2.40. The number of methoxy groups -OCH3 is 1. The fourth-order valence-corrected chi connectivity index (χ4v) is 1.75. The number of hydrogen-bond donors (Lipinski definition) is 1. The van der Waals surface area contributed by atoms with Crippen LogP contribution in [0.5, 0.6) is 5.75 Å². The molecule has 0 amide bonds. The quantitative estimate of drug-likeness (QED) is 0.848. The smallest absolute Gasteiger partial charge is 0.149 e. The highest BCUT2D eigenvalue weighted by Gasteiger charge is 2.04. The zero-order chi connectivity index (χ0) is 13.7. The van der Waals surface area contributed by atoms with E-state index < -0.39 is 0 Å². The maximum atomic E-state index is 8.47. The lowest BCUT2D eigenvalue weighted by molar-refractivity contribution is 0.412. The van der Waals surface area contributed by atoms with Crippen LogP contribution in [0, 0.1) is 18.3 Å². The molecule has 0 saturated carbocycles. The lowest BCUT2D eigenvalue weighted by Gasteiger charge is -2.07. The van der Waals surface area contributed by atoms with Crippen LogP contribution in [0.3, 0.4) is 0 Å². The molecular formula is C14H14N4O. The summed E-state index contributed by atoms with van der Waals surface area (Å²) < 4.78 is 5.22. The molecule has 0 spiro atoms. The molecule has 0 aliphatic rings. The van der Waals surface area contributed by atoms with Crippen LogP contribution >= 0.6 is 0 Å². The molecule has 1 aromatic heterocycles. The Balaban J connectivity index is 2.22. The van der Waals surface area contributed by atoms with E-state index in [1.165, 1.54) is 0 Å². The third-order valence-electron chi connectivity index (χ3n) is 2.70. The van der Waals surface area contributed by atoms with Gasteiger partial charge in [0, 0.05) is 5.56 Å². The van der Waals surface area contributed by atoms with Crippen molar-refractivity contribution >= 4 is 5.82 Å². The van der Waals surface area contributed by atoms with Crippen LogP contribution in [0.25, 0.3) is 11.3 Å². The number of nitrogens with one attached hydrogen (secondary N) is 1. The van der Waals surface area contributed by atoms with Gasteiger partial charge < -0.3 is 10.1 Å². The third kappa shape index (κ3) is 2.99. The number of ether oxygens (including phenoxy) is 1. The summed E-state index contributed by atoms with van der Waals surface area (Å²) in [5.74, 6) is 1.44. The molecule has 0 atom stereocenters. The Hall–Kier alpha value is -2.61. The van der Waals surface area contributed by atoms with Gasteiger partial charge in [0.05, 0.1) is 18.9 Å². The second-order valence-electron chi connectivity index (χ2n) is 4.00. The van der Waals surface area contributed by atoms with Crippen LogP contribution in [-0.4, -0.2) is 23.9 Å². The third-order valence-corrected chi connectivity index (χ3v) is 2.70. The number of anilines is 1. The van der Waals surface area contributed by atoms with Crippen LogP contribution in [0.1, 0.15) is 5.56 Å². The van der Waals surface area contributed by atoms with Crippen LogP contribution in [-0.2, 0) is 0 Å². The van der Waals surface area contributed by atoms with E-state index in [-0.39, 0.29) is 6.54 Å². The molecule has 0 fully saturated rings. The van der Waals surface area contributed by atoms with Gasteiger partial charge in [-0.1, -0.05) is 0 Å². The average Bonchev–Trinajstić information content (AvgIpc) is 2.45. The number of aryl methyl sites for hydroxylation is 1. The number of nitrogens with zero attached hydrogens (tertiary/aromatic N) is 3. The molecule has 0 aliphatic heterocycles. The van der Waals surface area contributed by atoms with Crippen molar-refractivity contribution in [3.05, 3.63) is 35.9 Å². The molecule has 96 valence electrons. The molecule has 2 rings (SSSR count). The summed E-state index contributed by atoms with van der Waals surface area (Å²) in [6.07, 6.45) is 0. The summed E-state index contributed by atoms with van der Waals surface area (Å²) in [4.78, 5) is 0. The maximum absolute atomic E-state index is 8.47. The summed E-state index contributed by atoms with van der Waals surface area (Å²) in [7, 11) is 1.65. The first-order valence-electron chi connectivity index (χ1n) is 5.84. The zero-order valence-electron chi connectivity index (χ0n) is 10.8. The molecule has 0 bridgehead atoms. The van der Waals surface area contributed by atoms with E-state index in [4.69, 9.17) is 10.00 Å². The van der Waals surface area contributed by atoms with Crippen molar-refractivity contribution in [3.8, 4) is 23.1 Å². The lowest BCUT2D eigenvalue weighted by atomic mass is 10.1. The van der Waals surface area contributed by atoms with Crippen molar-refractivity contribution in [1.29, 1.82) is 5.26 Å². The Labute approximate surface area is 111 Å². The van der Waals surface area contributed by atoms with Crippen molar-refractivity contribution in [2.75, 3.05) is 19.0 Å². The number of nitriles is 1. The van der Waals surface area contributed by atoms with E-state index in [0.717, 1.165) is 22.6 Å². The van der Waals surface area contributed by atoms with Gasteiger partial charge in [-0.25, -0.2) is 0 Å². The van der Waals surface area contributed by atoms with E-state index in [9.17, 15) is 0 Å². The highest BCUT2D eigenvalue weighted by molar-refractivity contribution is 5.62. The minimum Gasteiger partial charge on any atom is -0.496 e. The Morgan fingerprint density at radius 2 is 2.11 bits per heavy atom. The van der Waals surface area contributed by atoms with E-state index in [1.807, 2.05) is 37.3 Å². The molecular weight excluding hydrogens is 240 g/mol. The summed E-state index contributed by atoms with van der Waals surface area (Å²) in [5.41, 5.74) is 2.82. The monoisotopic (exact) mass is 254 g/mol. The largest absolute Gasteiger partial charge is 0.496 e. The fourth-order valence-electron chi connectivity index (χ4n) is 1.75. The second kappa shape index (κ2) is 5.83. The predicted molar refractivity (Wildman–Crippen MR) is 72.9 cm³/mol. The van der Waals surface area contributed by atoms with Gasteiger partial charge in [-0.15, -0.1) is 10.2 Å². The average molecular weight is 254 g/mol. The van der Waals surface area contributed by atoms with Crippen molar-refractivity contribution in [2.24, 2.45) is 0 Å². The van der Waals surface area contributed by atoms with Gasteiger partial charge in [0.2, 0.25) is 0 Å². The van der Waals surface area contributed by atoms with E-state index in [2.05, 4.69) is 15.5 Å². The normalized spacial score (nSPS) is 9.74. The number of aromatic nitrogens is 2. The molecule has 0 aliphatic carbocycles. The first kappa shape index (κ1) is 12.8. The van der Waals surface area contributed by atoms with Crippen molar-refractivity contribution < 1.29 is 4.74 Å². The SMILES string of the molecule is COc1ccc(-c2ccc(NCC#N)nn2)cc1C. The molecule has 19 heavy (non-hydrogen) atoms. The number of benzene rings is 1. The highest BCUT2D eigenvalue weighted by Crippen LogP contribution is 2.24. The summed E-state index contributed by atoms with van der Waals surface area (Å²) in [5, 5.41) is 19.5. The molecule has 0 saturated heterocycles. The Bertz CT molecular complexity index is 602. The number of rotatable bonds is 4. The van der Waals surface area contributed by atoms with Gasteiger partial charge in [0.1, 0.15) is 18.1 Å². The standard InChI is InChI=1S/C14H14N4O/c1-10-9-11(3-5-13(10)19-2)12-4-6-14(18-17-12)16-8-7-15/h3-6,9H,8H2,1-2H3,(H,16,18). The highest BCUT2D eigenvalue weighted by atomic mass is 16.5. The molecule has 1 heterocycles. The van der Waals surface area contributed by atoms with Crippen LogP contribution in [0.2, 0.25) is 0 Å². The van der Waals surface area contributed by atoms with Gasteiger partial charge in [-0.2, -0.15) is 5.26 Å². The fraction of sp³-hybridized carbons (Fsp3) is 0.214. The topological polar surface area (TPSA) is 70.8 Å². The molecule has 1 N–H and O–H groups in total. The van der Waals surface area contributed by atoms with Gasteiger partial charge in [-0.05, 0) is 42.8 Å². The van der Waals surface area contributed by atoms with E-state index in [0.29, 0.717) is 5.82 Å². The Morgan fingerprint density at radius 3 is 2.68 bits per heavy atom. The molecule has 0 unspecified atom stereocenters.